The monoisotopic (exact) mass is 300 g/mol. The van der Waals surface area contributed by atoms with Crippen molar-refractivity contribution in [3.8, 4) is 0 Å². The summed E-state index contributed by atoms with van der Waals surface area (Å²) in [7, 11) is 0. The summed E-state index contributed by atoms with van der Waals surface area (Å²) in [5, 5.41) is 2.12. The summed E-state index contributed by atoms with van der Waals surface area (Å²) in [5.74, 6) is 0. The van der Waals surface area contributed by atoms with Crippen molar-refractivity contribution in [3.63, 3.8) is 0 Å². The molecule has 0 bridgehead atoms. The van der Waals surface area contributed by atoms with Crippen molar-refractivity contribution in [2.24, 2.45) is 0 Å². The molecule has 2 nitrogen and oxygen atoms in total. The first-order valence-electron chi connectivity index (χ1n) is 3.71. The Bertz CT molecular complexity index is 211. The summed E-state index contributed by atoms with van der Waals surface area (Å²) in [5.41, 5.74) is 0. The molecular formula is C7H9BrO2SZn. The van der Waals surface area contributed by atoms with Crippen molar-refractivity contribution >= 4 is 31.8 Å². The van der Waals surface area contributed by atoms with E-state index >= 15 is 0 Å². The Kier molecular flexibility index (Phi) is 4.91. The molecule has 1 saturated heterocycles. The van der Waals surface area contributed by atoms with Crippen LogP contribution >= 0.6 is 28.3 Å². The topological polar surface area (TPSA) is 18.5 Å². The van der Waals surface area contributed by atoms with Crippen LogP contribution in [0, 0.1) is 0 Å². The summed E-state index contributed by atoms with van der Waals surface area (Å²) >= 11 is 1.09. The van der Waals surface area contributed by atoms with Gasteiger partial charge in [-0.2, -0.15) is 0 Å². The molecule has 0 spiro atoms. The zero-order chi connectivity index (χ0) is 7.52. The predicted molar refractivity (Wildman–Crippen MR) is 50.0 cm³/mol. The van der Waals surface area contributed by atoms with Crippen molar-refractivity contribution in [2.45, 2.75) is 4.88 Å². The summed E-state index contributed by atoms with van der Waals surface area (Å²) in [6, 6.07) is 4.29. The van der Waals surface area contributed by atoms with Crippen LogP contribution in [0.15, 0.2) is 17.5 Å². The van der Waals surface area contributed by atoms with Gasteiger partial charge in [-0.05, 0) is 0 Å². The maximum atomic E-state index is 5.39. The summed E-state index contributed by atoms with van der Waals surface area (Å²) in [6.07, 6.45) is 0. The van der Waals surface area contributed by atoms with Crippen LogP contribution in [0.3, 0.4) is 0 Å². The van der Waals surface area contributed by atoms with Gasteiger partial charge in [-0.25, -0.2) is 0 Å². The standard InChI is InChI=1S/C4H3S.C3H5O2.BrH.Zn/c1-2-4-5-3-1;1-2-5-3-4-1;;/h1-3H;3H,1-2H2;1H;. The zero-order valence-corrected chi connectivity index (χ0v) is 12.1. The molecule has 1 aromatic rings. The van der Waals surface area contributed by atoms with Gasteiger partial charge in [-0.15, -0.1) is 17.0 Å². The second-order valence-electron chi connectivity index (χ2n) is 2.45. The van der Waals surface area contributed by atoms with Crippen molar-refractivity contribution < 1.29 is 26.6 Å². The minimum absolute atomic E-state index is 0. The van der Waals surface area contributed by atoms with Crippen molar-refractivity contribution in [1.82, 2.24) is 0 Å². The van der Waals surface area contributed by atoms with E-state index in [1.165, 1.54) is 3.47 Å². The number of rotatable bonds is 2. The SMILES string of the molecule is Br.c1cs[c]([Zn][CH]2OCCO2)c1. The van der Waals surface area contributed by atoms with Crippen LogP contribution < -0.4 is 3.47 Å². The van der Waals surface area contributed by atoms with E-state index in [-0.39, 0.29) is 21.9 Å². The van der Waals surface area contributed by atoms with Crippen LogP contribution in [0.2, 0.25) is 0 Å². The number of thiophene rings is 1. The Labute approximate surface area is 93.6 Å². The molecule has 2 rings (SSSR count). The Morgan fingerprint density at radius 2 is 2.17 bits per heavy atom. The molecule has 5 heteroatoms. The van der Waals surface area contributed by atoms with Crippen LogP contribution in [-0.2, 0) is 26.6 Å². The van der Waals surface area contributed by atoms with E-state index in [0.717, 1.165) is 13.2 Å². The summed E-state index contributed by atoms with van der Waals surface area (Å²) in [6.45, 7) is 1.59. The number of ether oxygens (including phenoxy) is 2. The van der Waals surface area contributed by atoms with E-state index in [2.05, 4.69) is 17.5 Å². The van der Waals surface area contributed by atoms with E-state index in [1.807, 2.05) is 11.3 Å². The summed E-state index contributed by atoms with van der Waals surface area (Å²) in [4.78, 5) is 0.196. The third kappa shape index (κ3) is 2.89. The van der Waals surface area contributed by atoms with Crippen molar-refractivity contribution in [1.29, 1.82) is 0 Å². The molecule has 0 N–H and O–H groups in total. The first kappa shape index (κ1) is 10.8. The van der Waals surface area contributed by atoms with E-state index in [4.69, 9.17) is 9.47 Å². The molecule has 2 heterocycles. The van der Waals surface area contributed by atoms with Gasteiger partial charge >= 0.3 is 77.0 Å². The average Bonchev–Trinajstić information content (AvgIpc) is 2.60. The zero-order valence-electron chi connectivity index (χ0n) is 6.56. The normalized spacial score (nSPS) is 17.0. The third-order valence-corrected chi connectivity index (χ3v) is 7.31. The van der Waals surface area contributed by atoms with Crippen LogP contribution in [-0.4, -0.2) is 18.1 Å². The van der Waals surface area contributed by atoms with Gasteiger partial charge < -0.3 is 0 Å². The molecule has 1 fully saturated rings. The molecule has 0 aliphatic carbocycles. The average molecular weight is 303 g/mol. The molecule has 1 aliphatic heterocycles. The molecule has 64 valence electrons. The minimum atomic E-state index is -0.745. The Morgan fingerprint density at radius 1 is 1.42 bits per heavy atom. The van der Waals surface area contributed by atoms with Crippen LogP contribution in [0.5, 0.6) is 0 Å². The van der Waals surface area contributed by atoms with Crippen LogP contribution in [0.1, 0.15) is 0 Å². The molecule has 0 radical (unpaired) electrons. The first-order chi connectivity index (χ1) is 5.45. The van der Waals surface area contributed by atoms with Gasteiger partial charge in [-0.1, -0.05) is 0 Å². The van der Waals surface area contributed by atoms with E-state index in [9.17, 15) is 0 Å². The van der Waals surface area contributed by atoms with Gasteiger partial charge in [0.15, 0.2) is 0 Å². The number of hydrogen-bond acceptors (Lipinski definition) is 3. The number of hydrogen-bond donors (Lipinski definition) is 0. The quantitative estimate of drug-likeness (QED) is 0.768. The van der Waals surface area contributed by atoms with Gasteiger partial charge in [0.25, 0.3) is 0 Å². The molecule has 1 aromatic heterocycles. The fraction of sp³-hybridized carbons (Fsp3) is 0.429. The number of halogens is 1. The van der Waals surface area contributed by atoms with Crippen LogP contribution in [0.4, 0.5) is 0 Å². The molecule has 0 unspecified atom stereocenters. The van der Waals surface area contributed by atoms with Gasteiger partial charge in [0.2, 0.25) is 0 Å². The summed E-state index contributed by atoms with van der Waals surface area (Å²) < 4.78 is 12.3. The second-order valence-corrected chi connectivity index (χ2v) is 8.42. The fourth-order valence-electron chi connectivity index (χ4n) is 1.12. The second kappa shape index (κ2) is 5.45. The van der Waals surface area contributed by atoms with Crippen LogP contribution in [0.25, 0.3) is 0 Å². The Hall–Kier alpha value is 0.723. The molecule has 1 aliphatic rings. The Morgan fingerprint density at radius 3 is 2.75 bits per heavy atom. The fourth-order valence-corrected chi connectivity index (χ4v) is 6.08. The molecule has 0 aromatic carbocycles. The van der Waals surface area contributed by atoms with E-state index in [1.54, 1.807) is 0 Å². The molecule has 12 heavy (non-hydrogen) atoms. The van der Waals surface area contributed by atoms with Crippen molar-refractivity contribution in [2.75, 3.05) is 13.2 Å². The van der Waals surface area contributed by atoms with Gasteiger partial charge in [-0.3, -0.25) is 0 Å². The maximum absolute atomic E-state index is 5.39. The first-order valence-corrected chi connectivity index (χ1v) is 7.78. The van der Waals surface area contributed by atoms with E-state index < -0.39 is 17.1 Å². The van der Waals surface area contributed by atoms with Gasteiger partial charge in [0, 0.05) is 0 Å². The van der Waals surface area contributed by atoms with Gasteiger partial charge in [0.05, 0.1) is 0 Å². The van der Waals surface area contributed by atoms with E-state index in [0.29, 0.717) is 0 Å². The van der Waals surface area contributed by atoms with Gasteiger partial charge in [0.1, 0.15) is 0 Å². The Balaban J connectivity index is 0.000000720. The molecule has 0 atom stereocenters. The third-order valence-electron chi connectivity index (χ3n) is 1.64. The molecule has 0 saturated carbocycles. The molecular weight excluding hydrogens is 293 g/mol. The predicted octanol–water partition coefficient (Wildman–Crippen LogP) is 1.36. The molecule has 0 amide bonds. The van der Waals surface area contributed by atoms with Crippen molar-refractivity contribution in [3.05, 3.63) is 17.5 Å².